The van der Waals surface area contributed by atoms with Crippen LogP contribution in [0.1, 0.15) is 47.8 Å². The topological polar surface area (TPSA) is 61.1 Å². The maximum atomic E-state index is 13.1. The van der Waals surface area contributed by atoms with Crippen LogP contribution in [0.2, 0.25) is 0 Å². The molecule has 6 rings (SSSR count). The zero-order valence-electron chi connectivity index (χ0n) is 22.4. The summed E-state index contributed by atoms with van der Waals surface area (Å²) in [6.45, 7) is 0. The molecule has 5 nitrogen and oxygen atoms in total. The van der Waals surface area contributed by atoms with Crippen molar-refractivity contribution in [2.45, 2.75) is 12.8 Å². The molecule has 2 aromatic heterocycles. The minimum atomic E-state index is -0.0974. The zero-order valence-corrected chi connectivity index (χ0v) is 22.4. The smallest absolute Gasteiger partial charge is 0.193 e. The number of nitrogens with zero attached hydrogens (tertiary/aromatic N) is 2. The second kappa shape index (κ2) is 10.3. The first kappa shape index (κ1) is 25.3. The molecular formula is C35H28N2O3. The molecule has 0 radical (unpaired) electrons. The maximum absolute atomic E-state index is 13.1. The Labute approximate surface area is 232 Å². The Morgan fingerprint density at radius 3 is 1.27 bits per heavy atom. The van der Waals surface area contributed by atoms with Gasteiger partial charge in [0.2, 0.25) is 0 Å². The van der Waals surface area contributed by atoms with E-state index in [4.69, 9.17) is 0 Å². The van der Waals surface area contributed by atoms with Crippen LogP contribution >= 0.6 is 0 Å². The normalized spacial score (nSPS) is 11.2. The first-order chi connectivity index (χ1) is 19.4. The second-order valence-corrected chi connectivity index (χ2v) is 10.3. The molecule has 2 heterocycles. The van der Waals surface area contributed by atoms with Gasteiger partial charge < -0.3 is 9.13 Å². The molecule has 0 atom stereocenters. The summed E-state index contributed by atoms with van der Waals surface area (Å²) in [6, 6.07) is 29.9. The van der Waals surface area contributed by atoms with Crippen molar-refractivity contribution in [3.05, 3.63) is 143 Å². The van der Waals surface area contributed by atoms with E-state index in [2.05, 4.69) is 0 Å². The zero-order chi connectivity index (χ0) is 27.8. The summed E-state index contributed by atoms with van der Waals surface area (Å²) in [6.07, 6.45) is 4.50. The van der Waals surface area contributed by atoms with Gasteiger partial charge in [-0.2, -0.15) is 0 Å². The summed E-state index contributed by atoms with van der Waals surface area (Å²) in [4.78, 5) is 38.8. The van der Waals surface area contributed by atoms with Gasteiger partial charge in [-0.1, -0.05) is 48.5 Å². The predicted molar refractivity (Wildman–Crippen MR) is 158 cm³/mol. The number of aryl methyl sites for hydroxylation is 2. The predicted octanol–water partition coefficient (Wildman–Crippen LogP) is 6.75. The number of fused-ring (bicyclic) bond motifs is 2. The molecule has 0 spiro atoms. The number of carbonyl (C=O) groups is 3. The number of Topliss-reactive ketones (excluding diaryl/α,β-unsaturated/α-hetero) is 2. The summed E-state index contributed by atoms with van der Waals surface area (Å²) in [7, 11) is 3.96. The standard InChI is InChI=1S/C35H28N2O3/c1-36-17-15-27-21-29(11-13-31(27)36)33(38)19-23-3-7-25(8-4-23)35(40)26-9-5-24(6-10-26)20-34(39)30-12-14-32-28(22-30)16-18-37(32)2/h3-18,21-22H,19-20H2,1-2H3. The van der Waals surface area contributed by atoms with Crippen molar-refractivity contribution in [3.8, 4) is 0 Å². The number of rotatable bonds is 8. The summed E-state index contributed by atoms with van der Waals surface area (Å²) in [5.74, 6) is -0.0166. The lowest BCUT2D eigenvalue weighted by molar-refractivity contribution is 0.0985. The van der Waals surface area contributed by atoms with E-state index in [0.717, 1.165) is 32.9 Å². The number of benzene rings is 4. The molecular weight excluding hydrogens is 496 g/mol. The van der Waals surface area contributed by atoms with E-state index in [0.29, 0.717) is 22.3 Å². The van der Waals surface area contributed by atoms with Crippen LogP contribution in [-0.2, 0) is 26.9 Å². The van der Waals surface area contributed by atoms with Gasteiger partial charge in [0.05, 0.1) is 0 Å². The molecule has 0 fully saturated rings. The van der Waals surface area contributed by atoms with Crippen molar-refractivity contribution < 1.29 is 14.4 Å². The molecule has 0 unspecified atom stereocenters. The highest BCUT2D eigenvalue weighted by Gasteiger charge is 2.14. The van der Waals surface area contributed by atoms with Crippen LogP contribution in [-0.4, -0.2) is 26.5 Å². The fourth-order valence-corrected chi connectivity index (χ4v) is 5.20. The average Bonchev–Trinajstić information content (AvgIpc) is 3.54. The van der Waals surface area contributed by atoms with Crippen molar-refractivity contribution in [2.75, 3.05) is 0 Å². The van der Waals surface area contributed by atoms with E-state index in [1.54, 1.807) is 24.3 Å². The Hall–Kier alpha value is -5.03. The van der Waals surface area contributed by atoms with Crippen LogP contribution in [0.25, 0.3) is 21.8 Å². The van der Waals surface area contributed by atoms with Crippen LogP contribution < -0.4 is 0 Å². The second-order valence-electron chi connectivity index (χ2n) is 10.3. The van der Waals surface area contributed by atoms with Gasteiger partial charge in [-0.05, 0) is 59.7 Å². The van der Waals surface area contributed by atoms with Crippen LogP contribution in [0.3, 0.4) is 0 Å². The molecule has 0 saturated carbocycles. The number of hydrogen-bond acceptors (Lipinski definition) is 3. The Kier molecular flexibility index (Phi) is 6.48. The van der Waals surface area contributed by atoms with Crippen LogP contribution in [0.15, 0.2) is 109 Å². The number of hydrogen-bond donors (Lipinski definition) is 0. The number of ketones is 3. The van der Waals surface area contributed by atoms with Gasteiger partial charge in [-0.3, -0.25) is 14.4 Å². The van der Waals surface area contributed by atoms with Crippen molar-refractivity contribution in [2.24, 2.45) is 14.1 Å². The quantitative estimate of drug-likeness (QED) is 0.207. The lowest BCUT2D eigenvalue weighted by atomic mass is 9.97. The summed E-state index contributed by atoms with van der Waals surface area (Å²) in [5.41, 5.74) is 6.36. The Balaban J connectivity index is 1.09. The molecule has 40 heavy (non-hydrogen) atoms. The molecule has 4 aromatic carbocycles. The molecule has 5 heteroatoms. The molecule has 0 N–H and O–H groups in total. The van der Waals surface area contributed by atoms with Crippen LogP contribution in [0, 0.1) is 0 Å². The van der Waals surface area contributed by atoms with Crippen LogP contribution in [0.5, 0.6) is 0 Å². The lowest BCUT2D eigenvalue weighted by Crippen LogP contribution is -2.06. The van der Waals surface area contributed by atoms with E-state index < -0.39 is 0 Å². The SMILES string of the molecule is Cn1ccc2cc(C(=O)Cc3ccc(C(=O)c4ccc(CC(=O)c5ccc6c(ccn6C)c5)cc4)cc3)ccc21. The molecule has 0 aliphatic heterocycles. The van der Waals surface area contributed by atoms with Gasteiger partial charge in [0.25, 0.3) is 0 Å². The van der Waals surface area contributed by atoms with Gasteiger partial charge >= 0.3 is 0 Å². The summed E-state index contributed by atoms with van der Waals surface area (Å²) >= 11 is 0. The fraction of sp³-hybridized carbons (Fsp3) is 0.114. The third-order valence-corrected chi connectivity index (χ3v) is 7.58. The van der Waals surface area contributed by atoms with E-state index >= 15 is 0 Å². The largest absolute Gasteiger partial charge is 0.351 e. The van der Waals surface area contributed by atoms with Gasteiger partial charge in [0.15, 0.2) is 17.3 Å². The van der Waals surface area contributed by atoms with Crippen molar-refractivity contribution in [1.82, 2.24) is 9.13 Å². The van der Waals surface area contributed by atoms with E-state index in [1.807, 2.05) is 108 Å². The molecule has 196 valence electrons. The Morgan fingerprint density at radius 2 is 0.875 bits per heavy atom. The third kappa shape index (κ3) is 4.90. The Bertz CT molecular complexity index is 1770. The highest BCUT2D eigenvalue weighted by Crippen LogP contribution is 2.20. The summed E-state index contributed by atoms with van der Waals surface area (Å²) in [5, 5.41) is 2.08. The van der Waals surface area contributed by atoms with E-state index in [1.165, 1.54) is 0 Å². The van der Waals surface area contributed by atoms with Gasteiger partial charge in [-0.15, -0.1) is 0 Å². The minimum Gasteiger partial charge on any atom is -0.351 e. The number of aromatic nitrogens is 2. The highest BCUT2D eigenvalue weighted by atomic mass is 16.1. The molecule has 0 aliphatic rings. The van der Waals surface area contributed by atoms with Crippen LogP contribution in [0.4, 0.5) is 0 Å². The van der Waals surface area contributed by atoms with E-state index in [-0.39, 0.29) is 30.2 Å². The van der Waals surface area contributed by atoms with Gasteiger partial charge in [0, 0.05) is 83.4 Å². The van der Waals surface area contributed by atoms with Crippen molar-refractivity contribution >= 4 is 39.2 Å². The molecule has 0 aliphatic carbocycles. The first-order valence-corrected chi connectivity index (χ1v) is 13.2. The van der Waals surface area contributed by atoms with Gasteiger partial charge in [0.1, 0.15) is 0 Å². The highest BCUT2D eigenvalue weighted by molar-refractivity contribution is 6.09. The third-order valence-electron chi connectivity index (χ3n) is 7.58. The molecule has 0 saturated heterocycles. The molecule has 0 amide bonds. The molecule has 6 aromatic rings. The monoisotopic (exact) mass is 524 g/mol. The van der Waals surface area contributed by atoms with Crippen molar-refractivity contribution in [3.63, 3.8) is 0 Å². The van der Waals surface area contributed by atoms with Gasteiger partial charge in [-0.25, -0.2) is 0 Å². The first-order valence-electron chi connectivity index (χ1n) is 13.2. The van der Waals surface area contributed by atoms with E-state index in [9.17, 15) is 14.4 Å². The lowest BCUT2D eigenvalue weighted by Gasteiger charge is -2.07. The summed E-state index contributed by atoms with van der Waals surface area (Å²) < 4.78 is 4.05. The Morgan fingerprint density at radius 1 is 0.500 bits per heavy atom. The fourth-order valence-electron chi connectivity index (χ4n) is 5.20. The van der Waals surface area contributed by atoms with Crippen molar-refractivity contribution in [1.29, 1.82) is 0 Å². The molecule has 0 bridgehead atoms. The maximum Gasteiger partial charge on any atom is 0.193 e. The number of carbonyl (C=O) groups excluding carboxylic acids is 3. The average molecular weight is 525 g/mol. The minimum absolute atomic E-state index is 0.0404.